The Balaban J connectivity index is 2.02. The van der Waals surface area contributed by atoms with Gasteiger partial charge in [0.1, 0.15) is 0 Å². The standard InChI is InChI=1S/C18H24N4O5/c1-21(2)7-8-22-11-14(10-19-22)20-18(24)13-5-6-15(16(9-13)25-3)27-12-17(23)26-4/h5-6,9-11H,7-8,12H2,1-4H3,(H,20,24). The molecule has 1 heterocycles. The molecule has 0 unspecified atom stereocenters. The van der Waals surface area contributed by atoms with Gasteiger partial charge in [0.15, 0.2) is 18.1 Å². The van der Waals surface area contributed by atoms with Gasteiger partial charge in [0.25, 0.3) is 5.91 Å². The second-order valence-corrected chi connectivity index (χ2v) is 5.98. The quantitative estimate of drug-likeness (QED) is 0.658. The number of nitrogens with zero attached hydrogens (tertiary/aromatic N) is 3. The molecule has 2 aromatic rings. The topological polar surface area (TPSA) is 94.9 Å². The fraction of sp³-hybridized carbons (Fsp3) is 0.389. The van der Waals surface area contributed by atoms with Gasteiger partial charge < -0.3 is 24.4 Å². The molecule has 0 radical (unpaired) electrons. The van der Waals surface area contributed by atoms with Crippen molar-refractivity contribution in [2.75, 3.05) is 46.8 Å². The number of ether oxygens (including phenoxy) is 3. The number of anilines is 1. The summed E-state index contributed by atoms with van der Waals surface area (Å²) >= 11 is 0. The van der Waals surface area contributed by atoms with Crippen molar-refractivity contribution in [1.29, 1.82) is 0 Å². The van der Waals surface area contributed by atoms with Crippen LogP contribution in [0.4, 0.5) is 5.69 Å². The van der Waals surface area contributed by atoms with Crippen LogP contribution in [-0.2, 0) is 16.1 Å². The minimum absolute atomic E-state index is 0.245. The monoisotopic (exact) mass is 376 g/mol. The molecule has 9 nitrogen and oxygen atoms in total. The third kappa shape index (κ3) is 6.00. The molecule has 27 heavy (non-hydrogen) atoms. The average molecular weight is 376 g/mol. The predicted molar refractivity (Wildman–Crippen MR) is 99.2 cm³/mol. The number of nitrogens with one attached hydrogen (secondary N) is 1. The van der Waals surface area contributed by atoms with Gasteiger partial charge in [-0.15, -0.1) is 0 Å². The zero-order valence-corrected chi connectivity index (χ0v) is 15.9. The van der Waals surface area contributed by atoms with Gasteiger partial charge in [-0.1, -0.05) is 0 Å². The van der Waals surface area contributed by atoms with Crippen LogP contribution in [0, 0.1) is 0 Å². The number of hydrogen-bond acceptors (Lipinski definition) is 7. The Morgan fingerprint density at radius 3 is 2.67 bits per heavy atom. The first-order valence-corrected chi connectivity index (χ1v) is 8.29. The summed E-state index contributed by atoms with van der Waals surface area (Å²) in [6.45, 7) is 1.33. The molecule has 1 aromatic carbocycles. The van der Waals surface area contributed by atoms with Gasteiger partial charge in [-0.3, -0.25) is 9.48 Å². The van der Waals surface area contributed by atoms with Gasteiger partial charge in [-0.05, 0) is 32.3 Å². The molecule has 1 N–H and O–H groups in total. The highest BCUT2D eigenvalue weighted by Gasteiger charge is 2.13. The Morgan fingerprint density at radius 2 is 2.00 bits per heavy atom. The molecule has 0 saturated heterocycles. The van der Waals surface area contributed by atoms with Crippen LogP contribution in [0.25, 0.3) is 0 Å². The number of aromatic nitrogens is 2. The molecule has 0 fully saturated rings. The summed E-state index contributed by atoms with van der Waals surface area (Å²) in [6, 6.07) is 4.69. The first-order chi connectivity index (χ1) is 12.9. The lowest BCUT2D eigenvalue weighted by Crippen LogP contribution is -2.18. The molecular weight excluding hydrogens is 352 g/mol. The summed E-state index contributed by atoms with van der Waals surface area (Å²) in [6.07, 6.45) is 3.37. The molecule has 1 aromatic heterocycles. The molecule has 0 aliphatic rings. The summed E-state index contributed by atoms with van der Waals surface area (Å²) in [7, 11) is 6.70. The van der Waals surface area contributed by atoms with E-state index in [-0.39, 0.29) is 12.5 Å². The van der Waals surface area contributed by atoms with Gasteiger partial charge in [0, 0.05) is 18.3 Å². The van der Waals surface area contributed by atoms with Crippen molar-refractivity contribution >= 4 is 17.6 Å². The number of amides is 1. The number of benzene rings is 1. The molecule has 0 bridgehead atoms. The van der Waals surface area contributed by atoms with Gasteiger partial charge in [0.05, 0.1) is 32.6 Å². The normalized spacial score (nSPS) is 10.6. The van der Waals surface area contributed by atoms with Crippen molar-refractivity contribution in [3.8, 4) is 11.5 Å². The van der Waals surface area contributed by atoms with E-state index in [9.17, 15) is 9.59 Å². The zero-order valence-electron chi connectivity index (χ0n) is 15.9. The summed E-state index contributed by atoms with van der Waals surface area (Å²) in [5, 5.41) is 7.01. The van der Waals surface area contributed by atoms with Crippen LogP contribution in [0.1, 0.15) is 10.4 Å². The molecule has 146 valence electrons. The lowest BCUT2D eigenvalue weighted by atomic mass is 10.2. The maximum Gasteiger partial charge on any atom is 0.343 e. The number of carbonyl (C=O) groups is 2. The molecule has 0 aliphatic carbocycles. The van der Waals surface area contributed by atoms with Crippen LogP contribution in [0.5, 0.6) is 11.5 Å². The van der Waals surface area contributed by atoms with Crippen molar-refractivity contribution < 1.29 is 23.8 Å². The summed E-state index contributed by atoms with van der Waals surface area (Å²) in [5.41, 5.74) is 0.988. The van der Waals surface area contributed by atoms with E-state index in [1.54, 1.807) is 35.3 Å². The van der Waals surface area contributed by atoms with E-state index in [4.69, 9.17) is 9.47 Å². The maximum absolute atomic E-state index is 12.5. The third-order valence-corrected chi connectivity index (χ3v) is 3.67. The van der Waals surface area contributed by atoms with Gasteiger partial charge >= 0.3 is 5.97 Å². The number of likely N-dealkylation sites (N-methyl/N-ethyl adjacent to an activating group) is 1. The van der Waals surface area contributed by atoms with E-state index < -0.39 is 5.97 Å². The van der Waals surface area contributed by atoms with E-state index in [0.29, 0.717) is 22.7 Å². The smallest absolute Gasteiger partial charge is 0.343 e. The zero-order chi connectivity index (χ0) is 19.8. The molecule has 0 spiro atoms. The SMILES string of the molecule is COC(=O)COc1ccc(C(=O)Nc2cnn(CCN(C)C)c2)cc1OC. The maximum atomic E-state index is 12.5. The number of methoxy groups -OCH3 is 2. The van der Waals surface area contributed by atoms with Crippen LogP contribution in [0.15, 0.2) is 30.6 Å². The van der Waals surface area contributed by atoms with Crippen LogP contribution in [-0.4, -0.2) is 68.0 Å². The Labute approximate surface area is 157 Å². The molecule has 0 aliphatic heterocycles. The number of carbonyl (C=O) groups excluding carboxylic acids is 2. The van der Waals surface area contributed by atoms with E-state index in [2.05, 4.69) is 20.1 Å². The van der Waals surface area contributed by atoms with E-state index in [0.717, 1.165) is 13.1 Å². The van der Waals surface area contributed by atoms with Crippen molar-refractivity contribution in [3.05, 3.63) is 36.2 Å². The van der Waals surface area contributed by atoms with Crippen molar-refractivity contribution in [3.63, 3.8) is 0 Å². The molecule has 2 rings (SSSR count). The molecule has 1 amide bonds. The lowest BCUT2D eigenvalue weighted by molar-refractivity contribution is -0.142. The fourth-order valence-electron chi connectivity index (χ4n) is 2.18. The Bertz CT molecular complexity index is 788. The Morgan fingerprint density at radius 1 is 1.22 bits per heavy atom. The van der Waals surface area contributed by atoms with Gasteiger partial charge in [-0.25, -0.2) is 4.79 Å². The number of hydrogen-bond donors (Lipinski definition) is 1. The highest BCUT2D eigenvalue weighted by Crippen LogP contribution is 2.28. The average Bonchev–Trinajstić information content (AvgIpc) is 3.11. The molecule has 0 saturated carbocycles. The fourth-order valence-corrected chi connectivity index (χ4v) is 2.18. The second-order valence-electron chi connectivity index (χ2n) is 5.98. The summed E-state index contributed by atoms with van der Waals surface area (Å²) < 4.78 is 16.9. The molecular formula is C18H24N4O5. The minimum atomic E-state index is -0.509. The van der Waals surface area contributed by atoms with Crippen molar-refractivity contribution in [1.82, 2.24) is 14.7 Å². The van der Waals surface area contributed by atoms with Crippen LogP contribution >= 0.6 is 0 Å². The second kappa shape index (κ2) is 9.58. The third-order valence-electron chi connectivity index (χ3n) is 3.67. The van der Waals surface area contributed by atoms with E-state index in [1.807, 2.05) is 14.1 Å². The van der Waals surface area contributed by atoms with Gasteiger partial charge in [-0.2, -0.15) is 5.10 Å². The van der Waals surface area contributed by atoms with Crippen molar-refractivity contribution in [2.24, 2.45) is 0 Å². The predicted octanol–water partition coefficient (Wildman–Crippen LogP) is 1.26. The minimum Gasteiger partial charge on any atom is -0.493 e. The first kappa shape index (κ1) is 20.2. The Hall–Kier alpha value is -3.07. The van der Waals surface area contributed by atoms with Crippen molar-refractivity contribution in [2.45, 2.75) is 6.54 Å². The van der Waals surface area contributed by atoms with E-state index in [1.165, 1.54) is 14.2 Å². The lowest BCUT2D eigenvalue weighted by Gasteiger charge is -2.11. The number of rotatable bonds is 9. The highest BCUT2D eigenvalue weighted by atomic mass is 16.6. The van der Waals surface area contributed by atoms with Gasteiger partial charge in [0.2, 0.25) is 0 Å². The van der Waals surface area contributed by atoms with Crippen LogP contribution in [0.3, 0.4) is 0 Å². The van der Waals surface area contributed by atoms with Crippen LogP contribution < -0.4 is 14.8 Å². The summed E-state index contributed by atoms with van der Waals surface area (Å²) in [4.78, 5) is 25.7. The summed E-state index contributed by atoms with van der Waals surface area (Å²) in [5.74, 6) is -0.130. The van der Waals surface area contributed by atoms with E-state index >= 15 is 0 Å². The molecule has 9 heteroatoms. The first-order valence-electron chi connectivity index (χ1n) is 8.29. The van der Waals surface area contributed by atoms with Crippen LogP contribution in [0.2, 0.25) is 0 Å². The highest BCUT2D eigenvalue weighted by molar-refractivity contribution is 6.04. The Kier molecular flexibility index (Phi) is 7.18. The largest absolute Gasteiger partial charge is 0.493 e. The number of esters is 1. The molecule has 0 atom stereocenters.